The second kappa shape index (κ2) is 36.5. The molecule has 130 valence electrons. The summed E-state index contributed by atoms with van der Waals surface area (Å²) in [6.45, 7) is 4.86. The number of aliphatic carboxylic acids is 5. The summed E-state index contributed by atoms with van der Waals surface area (Å²) in [5, 5.41) is 44.4. The number of carboxylic acids is 5. The maximum Gasteiger partial charge on any atom is 4.00 e. The minimum atomic E-state index is -1.08. The van der Waals surface area contributed by atoms with E-state index < -0.39 is 29.8 Å². The largest absolute Gasteiger partial charge is 4.00 e. The molecule has 0 spiro atoms. The Morgan fingerprint density at radius 3 is 0.455 bits per heavy atom. The van der Waals surface area contributed by atoms with Gasteiger partial charge in [-0.1, -0.05) is 0 Å². The predicted octanol–water partition coefficient (Wildman–Crippen LogP) is -6.14. The average Bonchev–Trinajstić information content (AvgIpc) is 1.94. The summed E-state index contributed by atoms with van der Waals surface area (Å²) in [6.07, 6.45) is 0. The number of hydrogen-bond donors (Lipinski definition) is 0. The van der Waals surface area contributed by atoms with E-state index in [0.29, 0.717) is 0 Å². The molecule has 0 radical (unpaired) electrons. The molecule has 0 fully saturated rings. The molecule has 0 heterocycles. The smallest absolute Gasteiger partial charge is 0.550 e. The molecule has 0 aliphatic carbocycles. The van der Waals surface area contributed by atoms with Gasteiger partial charge < -0.3 is 49.5 Å². The van der Waals surface area contributed by atoms with E-state index in [9.17, 15) is 0 Å². The minimum absolute atomic E-state index is 0. The predicted molar refractivity (Wildman–Crippen MR) is 56.6 cm³/mol. The molecule has 0 N–H and O–H groups in total. The van der Waals surface area contributed by atoms with Crippen LogP contribution in [0.25, 0.3) is 0 Å². The van der Waals surface area contributed by atoms with E-state index in [1.807, 2.05) is 0 Å². The molecular formula is C11H15AgO10. The van der Waals surface area contributed by atoms with Crippen LogP contribution in [0.15, 0.2) is 0 Å². The Hall–Kier alpha value is -1.91. The zero-order chi connectivity index (χ0) is 17.9. The first-order chi connectivity index (χ1) is 8.66. The van der Waals surface area contributed by atoms with Gasteiger partial charge in [-0.05, 0) is 34.6 Å². The first kappa shape index (κ1) is 42.7. The minimum Gasteiger partial charge on any atom is -0.550 e. The van der Waals surface area contributed by atoms with Crippen molar-refractivity contribution in [2.24, 2.45) is 0 Å². The van der Waals surface area contributed by atoms with Crippen molar-refractivity contribution in [1.82, 2.24) is 0 Å². The van der Waals surface area contributed by atoms with Crippen LogP contribution in [0.4, 0.5) is 0 Å². The zero-order valence-corrected chi connectivity index (χ0v) is 13.9. The van der Waals surface area contributed by atoms with Crippen molar-refractivity contribution < 1.29 is 71.9 Å². The van der Waals surface area contributed by atoms with Crippen molar-refractivity contribution in [1.29, 1.82) is 0 Å². The molecular weight excluding hydrogens is 400 g/mol. The molecule has 10 nitrogen and oxygen atoms in total. The third-order valence-corrected chi connectivity index (χ3v) is 0. The first-order valence-corrected chi connectivity index (χ1v) is 4.54. The van der Waals surface area contributed by atoms with Crippen LogP contribution in [0.5, 0.6) is 0 Å². The SMILES string of the molecule is CC(=O)[O-].CC(=O)[O-].CC(=O)[O-].CC(=O)[O-].CC(=O)[O-].[Ag+].[C+4]. The molecule has 0 rings (SSSR count). The van der Waals surface area contributed by atoms with Gasteiger partial charge in [-0.2, -0.15) is 0 Å². The van der Waals surface area contributed by atoms with Gasteiger partial charge in [0.1, 0.15) is 0 Å². The van der Waals surface area contributed by atoms with Crippen LogP contribution in [-0.2, 0) is 46.4 Å². The van der Waals surface area contributed by atoms with Crippen LogP contribution < -0.4 is 25.5 Å². The van der Waals surface area contributed by atoms with Crippen LogP contribution in [0, 0.1) is 7.43 Å². The van der Waals surface area contributed by atoms with Gasteiger partial charge in [0.25, 0.3) is 0 Å². The van der Waals surface area contributed by atoms with E-state index in [1.165, 1.54) is 0 Å². The number of carbonyl (C=O) groups excluding carboxylic acids is 5. The van der Waals surface area contributed by atoms with Crippen molar-refractivity contribution in [3.8, 4) is 0 Å². The van der Waals surface area contributed by atoms with Crippen molar-refractivity contribution in [2.75, 3.05) is 0 Å². The van der Waals surface area contributed by atoms with Gasteiger partial charge in [0.05, 0.1) is 0 Å². The molecule has 0 atom stereocenters. The standard InChI is InChI=1S/5C2H4O2.C.Ag/c5*1-2(3)4;;/h5*1H3,(H,3,4);;/q;;;;;+4;+1/p-5. The van der Waals surface area contributed by atoms with Crippen LogP contribution in [0.1, 0.15) is 34.6 Å². The summed E-state index contributed by atoms with van der Waals surface area (Å²) in [6, 6.07) is 0. The second-order valence-electron chi connectivity index (χ2n) is 2.46. The van der Waals surface area contributed by atoms with E-state index >= 15 is 0 Å². The van der Waals surface area contributed by atoms with Gasteiger partial charge >= 0.3 is 29.8 Å². The van der Waals surface area contributed by atoms with Crippen LogP contribution in [0.3, 0.4) is 0 Å². The van der Waals surface area contributed by atoms with Crippen LogP contribution >= 0.6 is 0 Å². The average molecular weight is 415 g/mol. The second-order valence-corrected chi connectivity index (χ2v) is 2.46. The van der Waals surface area contributed by atoms with E-state index in [0.717, 1.165) is 34.6 Å². The summed E-state index contributed by atoms with van der Waals surface area (Å²) in [5.41, 5.74) is 0. The summed E-state index contributed by atoms with van der Waals surface area (Å²) >= 11 is 0. The number of rotatable bonds is 0. The molecule has 0 aromatic heterocycles. The summed E-state index contributed by atoms with van der Waals surface area (Å²) < 4.78 is 0. The van der Waals surface area contributed by atoms with E-state index in [4.69, 9.17) is 49.5 Å². The van der Waals surface area contributed by atoms with Gasteiger partial charge in [-0.15, -0.1) is 0 Å². The maximum atomic E-state index is 8.89. The molecule has 0 saturated carbocycles. The molecule has 0 aromatic carbocycles. The van der Waals surface area contributed by atoms with Crippen LogP contribution in [0.2, 0.25) is 0 Å². The number of hydrogen-bond acceptors (Lipinski definition) is 10. The quantitative estimate of drug-likeness (QED) is 0.343. The van der Waals surface area contributed by atoms with Crippen LogP contribution in [-0.4, -0.2) is 29.8 Å². The normalized spacial score (nSPS) is 5.68. The fraction of sp³-hybridized carbons (Fsp3) is 0.455. The first-order valence-electron chi connectivity index (χ1n) is 4.54. The Labute approximate surface area is 144 Å². The zero-order valence-electron chi connectivity index (χ0n) is 12.4. The Balaban J connectivity index is -0.0000000250. The molecule has 0 bridgehead atoms. The maximum absolute atomic E-state index is 8.89. The van der Waals surface area contributed by atoms with E-state index in [2.05, 4.69) is 0 Å². The van der Waals surface area contributed by atoms with E-state index in [-0.39, 0.29) is 29.8 Å². The Kier molecular flexibility index (Phi) is 70.8. The van der Waals surface area contributed by atoms with Gasteiger partial charge in [-0.25, -0.2) is 0 Å². The van der Waals surface area contributed by atoms with Crippen molar-refractivity contribution in [2.45, 2.75) is 34.6 Å². The van der Waals surface area contributed by atoms with Gasteiger partial charge in [0.15, 0.2) is 0 Å². The molecule has 0 aliphatic heterocycles. The molecule has 0 aromatic rings. The Bertz CT molecular complexity index is 212. The summed E-state index contributed by atoms with van der Waals surface area (Å²) in [4.78, 5) is 44.4. The molecule has 0 saturated heterocycles. The molecule has 0 aliphatic rings. The topological polar surface area (TPSA) is 201 Å². The number of carboxylic acid groups (broad SMARTS) is 5. The molecule has 22 heavy (non-hydrogen) atoms. The van der Waals surface area contributed by atoms with Crippen molar-refractivity contribution in [3.63, 3.8) is 0 Å². The molecule has 0 unspecified atom stereocenters. The third-order valence-electron chi connectivity index (χ3n) is 0. The monoisotopic (exact) mass is 414 g/mol. The van der Waals surface area contributed by atoms with Crippen molar-refractivity contribution >= 4 is 29.8 Å². The van der Waals surface area contributed by atoms with Gasteiger partial charge in [0.2, 0.25) is 0 Å². The van der Waals surface area contributed by atoms with Crippen molar-refractivity contribution in [3.05, 3.63) is 7.43 Å². The number of carbonyl (C=O) groups is 5. The fourth-order valence-corrected chi connectivity index (χ4v) is 0. The summed E-state index contributed by atoms with van der Waals surface area (Å²) in [7, 11) is 0. The Morgan fingerprint density at radius 2 is 0.455 bits per heavy atom. The Morgan fingerprint density at radius 1 is 0.455 bits per heavy atom. The van der Waals surface area contributed by atoms with E-state index in [1.54, 1.807) is 0 Å². The molecule has 11 heteroatoms. The fourth-order valence-electron chi connectivity index (χ4n) is 0. The third kappa shape index (κ3) is 1450. The molecule has 0 amide bonds. The summed E-state index contributed by atoms with van der Waals surface area (Å²) in [5.74, 6) is -5.42. The van der Waals surface area contributed by atoms with Gasteiger partial charge in [0, 0.05) is 29.8 Å². The van der Waals surface area contributed by atoms with Gasteiger partial charge in [-0.3, -0.25) is 0 Å².